The van der Waals surface area contributed by atoms with Crippen LogP contribution >= 0.6 is 0 Å². The molecule has 4 nitrogen and oxygen atoms in total. The summed E-state index contributed by atoms with van der Waals surface area (Å²) in [6, 6.07) is 4.79. The highest BCUT2D eigenvalue weighted by molar-refractivity contribution is 5.96. The molecule has 0 aromatic carbocycles. The van der Waals surface area contributed by atoms with Crippen molar-refractivity contribution in [3.05, 3.63) is 47.9 Å². The number of rotatable bonds is 3. The summed E-state index contributed by atoms with van der Waals surface area (Å²) in [5, 5.41) is 0. The zero-order chi connectivity index (χ0) is 15.5. The Kier molecular flexibility index (Phi) is 4.21. The number of hydrogen-bond donors (Lipinski definition) is 0. The Morgan fingerprint density at radius 3 is 2.43 bits per heavy atom. The first-order valence-electron chi connectivity index (χ1n) is 6.09. The lowest BCUT2D eigenvalue weighted by Crippen LogP contribution is -2.13. The maximum atomic E-state index is 12.8. The van der Waals surface area contributed by atoms with Crippen LogP contribution in [0.2, 0.25) is 0 Å². The van der Waals surface area contributed by atoms with Gasteiger partial charge in [0.15, 0.2) is 0 Å². The summed E-state index contributed by atoms with van der Waals surface area (Å²) < 4.78 is 43.2. The molecule has 0 atom stereocenters. The lowest BCUT2D eigenvalue weighted by molar-refractivity contribution is -0.141. The Bertz CT molecular complexity index is 642. The minimum atomic E-state index is -4.59. The van der Waals surface area contributed by atoms with Gasteiger partial charge in [-0.2, -0.15) is 13.2 Å². The minimum Gasteiger partial charge on any atom is -0.462 e. The molecule has 110 valence electrons. The average Bonchev–Trinajstić information content (AvgIpc) is 2.47. The molecule has 7 heteroatoms. The van der Waals surface area contributed by atoms with Gasteiger partial charge < -0.3 is 4.74 Å². The number of esters is 1. The molecule has 0 N–H and O–H groups in total. The molecular formula is C14H11F3N2O2. The summed E-state index contributed by atoms with van der Waals surface area (Å²) in [6.45, 7) is 1.73. The largest absolute Gasteiger partial charge is 0.462 e. The quantitative estimate of drug-likeness (QED) is 0.815. The Labute approximate surface area is 118 Å². The fourth-order valence-corrected chi connectivity index (χ4v) is 1.72. The second-order valence-electron chi connectivity index (χ2n) is 4.05. The van der Waals surface area contributed by atoms with Gasteiger partial charge in [0.2, 0.25) is 0 Å². The molecule has 2 aromatic rings. The number of carbonyl (C=O) groups excluding carboxylic acids is 1. The standard InChI is InChI=1S/C14H11F3N2O2/c1-2-21-13(20)10-3-4-11(14(15,16)17)19-12(10)9-5-7-18-8-6-9/h3-8H,2H2,1H3. The molecule has 2 aromatic heterocycles. The molecule has 0 unspecified atom stereocenters. The predicted molar refractivity (Wildman–Crippen MR) is 68.4 cm³/mol. The second kappa shape index (κ2) is 5.90. The molecule has 21 heavy (non-hydrogen) atoms. The molecule has 0 aliphatic heterocycles. The van der Waals surface area contributed by atoms with Gasteiger partial charge >= 0.3 is 12.1 Å². The van der Waals surface area contributed by atoms with Crippen molar-refractivity contribution in [1.29, 1.82) is 0 Å². The van der Waals surface area contributed by atoms with E-state index in [-0.39, 0.29) is 17.9 Å². The Morgan fingerprint density at radius 2 is 1.86 bits per heavy atom. The third-order valence-corrected chi connectivity index (χ3v) is 2.63. The third-order valence-electron chi connectivity index (χ3n) is 2.63. The third kappa shape index (κ3) is 3.36. The fraction of sp³-hybridized carbons (Fsp3) is 0.214. The molecule has 0 amide bonds. The molecule has 0 radical (unpaired) electrons. The Hall–Kier alpha value is -2.44. The summed E-state index contributed by atoms with van der Waals surface area (Å²) in [5.74, 6) is -0.717. The first-order chi connectivity index (χ1) is 9.93. The highest BCUT2D eigenvalue weighted by Crippen LogP contribution is 2.31. The van der Waals surface area contributed by atoms with E-state index in [1.54, 1.807) is 6.92 Å². The van der Waals surface area contributed by atoms with Gasteiger partial charge in [0.05, 0.1) is 17.9 Å². The van der Waals surface area contributed by atoms with E-state index < -0.39 is 17.8 Å². The van der Waals surface area contributed by atoms with E-state index >= 15 is 0 Å². The number of nitrogens with zero attached hydrogens (tertiary/aromatic N) is 2. The van der Waals surface area contributed by atoms with Crippen molar-refractivity contribution in [3.8, 4) is 11.3 Å². The van der Waals surface area contributed by atoms with Crippen molar-refractivity contribution in [2.75, 3.05) is 6.61 Å². The van der Waals surface area contributed by atoms with Crippen LogP contribution in [0.5, 0.6) is 0 Å². The van der Waals surface area contributed by atoms with Gasteiger partial charge in [-0.05, 0) is 31.2 Å². The maximum absolute atomic E-state index is 12.8. The Balaban J connectivity index is 2.59. The monoisotopic (exact) mass is 296 g/mol. The highest BCUT2D eigenvalue weighted by Gasteiger charge is 2.33. The summed E-state index contributed by atoms with van der Waals surface area (Å²) in [4.78, 5) is 19.2. The molecule has 0 aliphatic rings. The van der Waals surface area contributed by atoms with Crippen molar-refractivity contribution < 1.29 is 22.7 Å². The molecular weight excluding hydrogens is 285 g/mol. The van der Waals surface area contributed by atoms with E-state index in [0.29, 0.717) is 5.56 Å². The highest BCUT2D eigenvalue weighted by atomic mass is 19.4. The second-order valence-corrected chi connectivity index (χ2v) is 4.05. The van der Waals surface area contributed by atoms with E-state index in [1.165, 1.54) is 24.5 Å². The van der Waals surface area contributed by atoms with Gasteiger partial charge in [-0.1, -0.05) is 0 Å². The van der Waals surface area contributed by atoms with Gasteiger partial charge in [0.1, 0.15) is 5.69 Å². The molecule has 2 heterocycles. The average molecular weight is 296 g/mol. The van der Waals surface area contributed by atoms with E-state index in [0.717, 1.165) is 12.1 Å². The SMILES string of the molecule is CCOC(=O)c1ccc(C(F)(F)F)nc1-c1ccncc1. The van der Waals surface area contributed by atoms with Crippen molar-refractivity contribution in [2.45, 2.75) is 13.1 Å². The van der Waals surface area contributed by atoms with Crippen LogP contribution in [0.1, 0.15) is 23.0 Å². The van der Waals surface area contributed by atoms with Gasteiger partial charge in [0, 0.05) is 18.0 Å². The zero-order valence-corrected chi connectivity index (χ0v) is 11.0. The van der Waals surface area contributed by atoms with Crippen molar-refractivity contribution >= 4 is 5.97 Å². The van der Waals surface area contributed by atoms with Gasteiger partial charge in [-0.25, -0.2) is 9.78 Å². The molecule has 0 spiro atoms. The summed E-state index contributed by atoms with van der Waals surface area (Å²) in [6.07, 6.45) is -1.77. The number of alkyl halides is 3. The van der Waals surface area contributed by atoms with Crippen LogP contribution in [0, 0.1) is 0 Å². The molecule has 0 fully saturated rings. The fourth-order valence-electron chi connectivity index (χ4n) is 1.72. The first-order valence-corrected chi connectivity index (χ1v) is 6.09. The Morgan fingerprint density at radius 1 is 1.19 bits per heavy atom. The van der Waals surface area contributed by atoms with Crippen molar-refractivity contribution in [3.63, 3.8) is 0 Å². The molecule has 0 saturated heterocycles. The zero-order valence-electron chi connectivity index (χ0n) is 11.0. The van der Waals surface area contributed by atoms with E-state index in [1.807, 2.05) is 0 Å². The molecule has 2 rings (SSSR count). The smallest absolute Gasteiger partial charge is 0.433 e. The van der Waals surface area contributed by atoms with Gasteiger partial charge in [-0.3, -0.25) is 4.98 Å². The molecule has 0 saturated carbocycles. The number of pyridine rings is 2. The molecule has 0 bridgehead atoms. The number of carbonyl (C=O) groups is 1. The number of hydrogen-bond acceptors (Lipinski definition) is 4. The van der Waals surface area contributed by atoms with Crippen molar-refractivity contribution in [1.82, 2.24) is 9.97 Å². The van der Waals surface area contributed by atoms with Crippen LogP contribution in [-0.2, 0) is 10.9 Å². The summed E-state index contributed by atoms with van der Waals surface area (Å²) >= 11 is 0. The minimum absolute atomic E-state index is 0.0175. The lowest BCUT2D eigenvalue weighted by atomic mass is 10.1. The van der Waals surface area contributed by atoms with Crippen molar-refractivity contribution in [2.24, 2.45) is 0 Å². The lowest BCUT2D eigenvalue weighted by Gasteiger charge is -2.12. The van der Waals surface area contributed by atoms with E-state index in [4.69, 9.17) is 4.74 Å². The van der Waals surface area contributed by atoms with Crippen LogP contribution < -0.4 is 0 Å². The van der Waals surface area contributed by atoms with Crippen LogP contribution in [0.25, 0.3) is 11.3 Å². The molecule has 0 aliphatic carbocycles. The van der Waals surface area contributed by atoms with Gasteiger partial charge in [-0.15, -0.1) is 0 Å². The maximum Gasteiger partial charge on any atom is 0.433 e. The van der Waals surface area contributed by atoms with Crippen LogP contribution in [-0.4, -0.2) is 22.5 Å². The van der Waals surface area contributed by atoms with Crippen LogP contribution in [0.3, 0.4) is 0 Å². The summed E-state index contributed by atoms with van der Waals surface area (Å²) in [7, 11) is 0. The first kappa shape index (κ1) is 15.0. The predicted octanol–water partition coefficient (Wildman–Crippen LogP) is 3.34. The van der Waals surface area contributed by atoms with E-state index in [9.17, 15) is 18.0 Å². The van der Waals surface area contributed by atoms with Crippen LogP contribution in [0.15, 0.2) is 36.7 Å². The van der Waals surface area contributed by atoms with Crippen LogP contribution in [0.4, 0.5) is 13.2 Å². The normalized spacial score (nSPS) is 11.2. The summed E-state index contributed by atoms with van der Waals surface area (Å²) in [5.41, 5.74) is -0.803. The number of ether oxygens (including phenoxy) is 1. The number of halogens is 3. The topological polar surface area (TPSA) is 52.1 Å². The van der Waals surface area contributed by atoms with E-state index in [2.05, 4.69) is 9.97 Å². The van der Waals surface area contributed by atoms with Gasteiger partial charge in [0.25, 0.3) is 0 Å². The number of aromatic nitrogens is 2.